The van der Waals surface area contributed by atoms with Gasteiger partial charge in [0.1, 0.15) is 0 Å². The third kappa shape index (κ3) is 3.37. The molecule has 106 valence electrons. The molecule has 0 bridgehead atoms. The molecule has 1 aliphatic heterocycles. The number of hydrogen-bond acceptors (Lipinski definition) is 2. The first-order valence-electron chi connectivity index (χ1n) is 7.56. The molecule has 1 saturated heterocycles. The first kappa shape index (κ1) is 14.5. The summed E-state index contributed by atoms with van der Waals surface area (Å²) < 4.78 is 0. The topological polar surface area (TPSA) is 29.3 Å². The first-order valence-corrected chi connectivity index (χ1v) is 7.56. The Labute approximate surface area is 118 Å². The van der Waals surface area contributed by atoms with Gasteiger partial charge in [-0.25, -0.2) is 0 Å². The van der Waals surface area contributed by atoms with Gasteiger partial charge in [0.15, 0.2) is 0 Å². The van der Waals surface area contributed by atoms with E-state index < -0.39 is 0 Å². The van der Waals surface area contributed by atoms with E-state index in [4.69, 9.17) is 5.73 Å². The van der Waals surface area contributed by atoms with Crippen molar-refractivity contribution in [2.24, 2.45) is 11.7 Å². The van der Waals surface area contributed by atoms with Crippen LogP contribution in [0.2, 0.25) is 0 Å². The number of nitrogens with two attached hydrogens (primary N) is 1. The molecule has 0 aromatic heterocycles. The van der Waals surface area contributed by atoms with Gasteiger partial charge in [-0.05, 0) is 64.6 Å². The van der Waals surface area contributed by atoms with Crippen LogP contribution < -0.4 is 5.73 Å². The van der Waals surface area contributed by atoms with Crippen LogP contribution in [0.5, 0.6) is 0 Å². The Bertz CT molecular complexity index is 386. The zero-order valence-corrected chi connectivity index (χ0v) is 12.6. The van der Waals surface area contributed by atoms with E-state index in [2.05, 4.69) is 56.0 Å². The lowest BCUT2D eigenvalue weighted by molar-refractivity contribution is 0.0127. The summed E-state index contributed by atoms with van der Waals surface area (Å²) >= 11 is 0. The predicted octanol–water partition coefficient (Wildman–Crippen LogP) is 3.59. The third-order valence-electron chi connectivity index (χ3n) is 4.67. The first-order chi connectivity index (χ1) is 9.04. The molecule has 2 N–H and O–H groups in total. The lowest BCUT2D eigenvalue weighted by Gasteiger charge is -2.49. The Kier molecular flexibility index (Phi) is 4.64. The van der Waals surface area contributed by atoms with Crippen molar-refractivity contribution in [1.82, 2.24) is 4.90 Å². The van der Waals surface area contributed by atoms with Crippen LogP contribution in [-0.2, 0) is 0 Å². The second kappa shape index (κ2) is 6.06. The smallest absolute Gasteiger partial charge is 0.0325 e. The van der Waals surface area contributed by atoms with Gasteiger partial charge in [-0.2, -0.15) is 0 Å². The van der Waals surface area contributed by atoms with Crippen molar-refractivity contribution in [2.45, 2.75) is 51.6 Å². The fourth-order valence-corrected chi connectivity index (χ4v) is 3.66. The van der Waals surface area contributed by atoms with Crippen LogP contribution >= 0.6 is 0 Å². The van der Waals surface area contributed by atoms with Gasteiger partial charge < -0.3 is 5.73 Å². The Morgan fingerprint density at radius 2 is 2.00 bits per heavy atom. The molecule has 0 aliphatic carbocycles. The minimum Gasteiger partial charge on any atom is -0.330 e. The Hall–Kier alpha value is -0.860. The van der Waals surface area contributed by atoms with Gasteiger partial charge in [0.25, 0.3) is 0 Å². The molecule has 1 aromatic carbocycles. The fourth-order valence-electron chi connectivity index (χ4n) is 3.66. The maximum atomic E-state index is 5.72. The average molecular weight is 260 g/mol. The summed E-state index contributed by atoms with van der Waals surface area (Å²) in [5.41, 5.74) is 7.41. The van der Waals surface area contributed by atoms with Crippen molar-refractivity contribution >= 4 is 0 Å². The lowest BCUT2D eigenvalue weighted by Crippen LogP contribution is -2.51. The Balaban J connectivity index is 2.09. The Morgan fingerprint density at radius 1 is 1.32 bits per heavy atom. The van der Waals surface area contributed by atoms with Crippen molar-refractivity contribution in [3.05, 3.63) is 35.9 Å². The van der Waals surface area contributed by atoms with Crippen LogP contribution in [0.4, 0.5) is 0 Å². The fraction of sp³-hybridized carbons (Fsp3) is 0.647. The molecule has 1 heterocycles. The van der Waals surface area contributed by atoms with E-state index in [0.717, 1.165) is 12.5 Å². The zero-order valence-electron chi connectivity index (χ0n) is 12.6. The molecule has 2 heteroatoms. The highest BCUT2D eigenvalue weighted by molar-refractivity contribution is 5.19. The molecule has 2 rings (SSSR count). The van der Waals surface area contributed by atoms with E-state index in [1.807, 2.05) is 0 Å². The second-order valence-electron chi connectivity index (χ2n) is 6.53. The van der Waals surface area contributed by atoms with E-state index in [1.165, 1.54) is 31.4 Å². The number of hydrogen-bond donors (Lipinski definition) is 1. The largest absolute Gasteiger partial charge is 0.330 e. The van der Waals surface area contributed by atoms with E-state index in [9.17, 15) is 0 Å². The van der Waals surface area contributed by atoms with E-state index in [0.29, 0.717) is 6.04 Å². The standard InChI is InChI=1S/C17H28N2/c1-14(16-7-5-4-6-8-16)19-12-10-15(9-11-18)13-17(19,2)3/h4-8,14-15H,9-13,18H2,1-3H3. The van der Waals surface area contributed by atoms with Gasteiger partial charge in [0.2, 0.25) is 0 Å². The van der Waals surface area contributed by atoms with Crippen molar-refractivity contribution in [3.63, 3.8) is 0 Å². The van der Waals surface area contributed by atoms with Gasteiger partial charge in [-0.15, -0.1) is 0 Å². The van der Waals surface area contributed by atoms with Crippen LogP contribution in [0.1, 0.15) is 51.6 Å². The molecule has 1 aliphatic rings. The molecule has 19 heavy (non-hydrogen) atoms. The average Bonchev–Trinajstić information content (AvgIpc) is 2.38. The van der Waals surface area contributed by atoms with Gasteiger partial charge in [0, 0.05) is 11.6 Å². The van der Waals surface area contributed by atoms with Crippen LogP contribution in [0.25, 0.3) is 0 Å². The number of benzene rings is 1. The third-order valence-corrected chi connectivity index (χ3v) is 4.67. The summed E-state index contributed by atoms with van der Waals surface area (Å²) in [6.45, 7) is 9.12. The molecule has 1 fully saturated rings. The maximum absolute atomic E-state index is 5.72. The predicted molar refractivity (Wildman–Crippen MR) is 82.0 cm³/mol. The van der Waals surface area contributed by atoms with Crippen molar-refractivity contribution in [2.75, 3.05) is 13.1 Å². The van der Waals surface area contributed by atoms with Crippen molar-refractivity contribution < 1.29 is 0 Å². The summed E-state index contributed by atoms with van der Waals surface area (Å²) in [5.74, 6) is 0.805. The number of likely N-dealkylation sites (tertiary alicyclic amines) is 1. The minimum atomic E-state index is 0.271. The summed E-state index contributed by atoms with van der Waals surface area (Å²) in [6.07, 6.45) is 3.73. The van der Waals surface area contributed by atoms with Crippen LogP contribution in [-0.4, -0.2) is 23.5 Å². The summed E-state index contributed by atoms with van der Waals surface area (Å²) in [6, 6.07) is 11.4. The molecule has 1 aromatic rings. The molecular weight excluding hydrogens is 232 g/mol. The van der Waals surface area contributed by atoms with Crippen LogP contribution in [0.3, 0.4) is 0 Å². The van der Waals surface area contributed by atoms with E-state index in [1.54, 1.807) is 0 Å². The summed E-state index contributed by atoms with van der Waals surface area (Å²) in [7, 11) is 0. The second-order valence-corrected chi connectivity index (χ2v) is 6.53. The molecular formula is C17H28N2. The molecule has 2 unspecified atom stereocenters. The van der Waals surface area contributed by atoms with Gasteiger partial charge in [-0.3, -0.25) is 4.90 Å². The monoisotopic (exact) mass is 260 g/mol. The number of nitrogens with zero attached hydrogens (tertiary/aromatic N) is 1. The Morgan fingerprint density at radius 3 is 2.58 bits per heavy atom. The highest BCUT2D eigenvalue weighted by Crippen LogP contribution is 2.38. The lowest BCUT2D eigenvalue weighted by atomic mass is 9.79. The molecule has 0 radical (unpaired) electrons. The minimum absolute atomic E-state index is 0.271. The quantitative estimate of drug-likeness (QED) is 0.896. The van der Waals surface area contributed by atoms with Gasteiger partial charge in [0.05, 0.1) is 0 Å². The zero-order chi connectivity index (χ0) is 13.9. The molecule has 2 atom stereocenters. The van der Waals surface area contributed by atoms with Crippen molar-refractivity contribution in [3.8, 4) is 0 Å². The molecule has 0 amide bonds. The maximum Gasteiger partial charge on any atom is 0.0325 e. The van der Waals surface area contributed by atoms with Gasteiger partial charge in [-0.1, -0.05) is 30.3 Å². The van der Waals surface area contributed by atoms with Crippen LogP contribution in [0, 0.1) is 5.92 Å². The SMILES string of the molecule is CC(c1ccccc1)N1CCC(CCN)CC1(C)C. The summed E-state index contributed by atoms with van der Waals surface area (Å²) in [5, 5.41) is 0. The number of rotatable bonds is 4. The van der Waals surface area contributed by atoms with Crippen LogP contribution in [0.15, 0.2) is 30.3 Å². The van der Waals surface area contributed by atoms with Crippen molar-refractivity contribution in [1.29, 1.82) is 0 Å². The number of piperidine rings is 1. The highest BCUT2D eigenvalue weighted by Gasteiger charge is 2.37. The summed E-state index contributed by atoms with van der Waals surface area (Å²) in [4.78, 5) is 2.66. The van der Waals surface area contributed by atoms with E-state index in [-0.39, 0.29) is 5.54 Å². The van der Waals surface area contributed by atoms with Gasteiger partial charge >= 0.3 is 0 Å². The molecule has 0 spiro atoms. The normalized spacial score (nSPS) is 25.2. The molecule has 2 nitrogen and oxygen atoms in total. The molecule has 0 saturated carbocycles. The van der Waals surface area contributed by atoms with E-state index >= 15 is 0 Å². The highest BCUT2D eigenvalue weighted by atomic mass is 15.2.